The first-order chi connectivity index (χ1) is 7.36. The first kappa shape index (κ1) is 9.64. The maximum atomic E-state index is 13.2. The van der Waals surface area contributed by atoms with Crippen molar-refractivity contribution in [1.82, 2.24) is 14.8 Å². The topological polar surface area (TPSA) is 42.7 Å². The Morgan fingerprint density at radius 2 is 2.20 bits per heavy atom. The molecule has 78 valence electrons. The van der Waals surface area contributed by atoms with Gasteiger partial charge in [0.1, 0.15) is 18.5 Å². The van der Waals surface area contributed by atoms with Crippen LogP contribution in [0.15, 0.2) is 36.9 Å². The number of aromatic nitrogens is 3. The molecule has 0 fully saturated rings. The van der Waals surface area contributed by atoms with Crippen LogP contribution in [0.5, 0.6) is 0 Å². The lowest BCUT2D eigenvalue weighted by Gasteiger charge is -2.06. The number of hydrogen-bond donors (Lipinski definition) is 1. The number of nitrogens with zero attached hydrogens (tertiary/aromatic N) is 3. The average molecular weight is 206 g/mol. The molecule has 0 aliphatic carbocycles. The Balaban J connectivity index is 1.86. The summed E-state index contributed by atoms with van der Waals surface area (Å²) in [5, 5.41) is 6.93. The van der Waals surface area contributed by atoms with E-state index in [-0.39, 0.29) is 5.82 Å². The summed E-state index contributed by atoms with van der Waals surface area (Å²) < 4.78 is 14.8. The summed E-state index contributed by atoms with van der Waals surface area (Å²) in [6.45, 7) is 1.28. The van der Waals surface area contributed by atoms with Gasteiger partial charge in [0, 0.05) is 6.54 Å². The van der Waals surface area contributed by atoms with Crippen LogP contribution in [0.1, 0.15) is 0 Å². The zero-order valence-electron chi connectivity index (χ0n) is 8.10. The SMILES string of the molecule is Fc1ccccc1NCCn1cncn1. The second-order valence-electron chi connectivity index (χ2n) is 3.07. The Bertz CT molecular complexity index is 413. The molecule has 5 heteroatoms. The fourth-order valence-corrected chi connectivity index (χ4v) is 1.26. The number of para-hydroxylation sites is 1. The molecule has 0 saturated heterocycles. The van der Waals surface area contributed by atoms with Crippen LogP contribution in [-0.2, 0) is 6.54 Å². The second kappa shape index (κ2) is 4.54. The van der Waals surface area contributed by atoms with Gasteiger partial charge in [-0.1, -0.05) is 12.1 Å². The summed E-state index contributed by atoms with van der Waals surface area (Å²) in [7, 11) is 0. The molecule has 1 aromatic carbocycles. The number of hydrogen-bond acceptors (Lipinski definition) is 3. The van der Waals surface area contributed by atoms with E-state index in [1.807, 2.05) is 0 Å². The lowest BCUT2D eigenvalue weighted by atomic mass is 10.3. The minimum atomic E-state index is -0.240. The van der Waals surface area contributed by atoms with Crippen LogP contribution in [-0.4, -0.2) is 21.3 Å². The van der Waals surface area contributed by atoms with Crippen molar-refractivity contribution in [3.63, 3.8) is 0 Å². The molecule has 0 saturated carbocycles. The number of halogens is 1. The summed E-state index contributed by atoms with van der Waals surface area (Å²) in [5.74, 6) is -0.240. The average Bonchev–Trinajstić information content (AvgIpc) is 2.74. The highest BCUT2D eigenvalue weighted by Crippen LogP contribution is 2.11. The third-order valence-corrected chi connectivity index (χ3v) is 2.00. The van der Waals surface area contributed by atoms with Gasteiger partial charge in [-0.3, -0.25) is 4.68 Å². The van der Waals surface area contributed by atoms with Crippen LogP contribution in [0, 0.1) is 5.82 Å². The summed E-state index contributed by atoms with van der Waals surface area (Å²) >= 11 is 0. The van der Waals surface area contributed by atoms with Crippen LogP contribution in [0.4, 0.5) is 10.1 Å². The van der Waals surface area contributed by atoms with Gasteiger partial charge in [0.2, 0.25) is 0 Å². The van der Waals surface area contributed by atoms with E-state index in [2.05, 4.69) is 15.4 Å². The van der Waals surface area contributed by atoms with Crippen LogP contribution < -0.4 is 5.32 Å². The van der Waals surface area contributed by atoms with Crippen LogP contribution in [0.3, 0.4) is 0 Å². The Labute approximate surface area is 86.8 Å². The van der Waals surface area contributed by atoms with Gasteiger partial charge in [0.25, 0.3) is 0 Å². The minimum absolute atomic E-state index is 0.240. The standard InChI is InChI=1S/C10H11FN4/c11-9-3-1-2-4-10(9)13-5-6-15-8-12-7-14-15/h1-4,7-8,13H,5-6H2. The molecule has 2 rings (SSSR count). The highest BCUT2D eigenvalue weighted by Gasteiger charge is 1.98. The lowest BCUT2D eigenvalue weighted by molar-refractivity contribution is 0.617. The first-order valence-corrected chi connectivity index (χ1v) is 4.67. The monoisotopic (exact) mass is 206 g/mol. The van der Waals surface area contributed by atoms with E-state index in [0.717, 1.165) is 0 Å². The Morgan fingerprint density at radius 3 is 2.93 bits per heavy atom. The van der Waals surface area contributed by atoms with Gasteiger partial charge in [-0.15, -0.1) is 0 Å². The molecule has 1 heterocycles. The molecule has 0 radical (unpaired) electrons. The summed E-state index contributed by atoms with van der Waals surface area (Å²) in [5.41, 5.74) is 0.512. The number of anilines is 1. The number of nitrogens with one attached hydrogen (secondary N) is 1. The van der Waals surface area contributed by atoms with Gasteiger partial charge in [-0.2, -0.15) is 5.10 Å². The smallest absolute Gasteiger partial charge is 0.146 e. The summed E-state index contributed by atoms with van der Waals surface area (Å²) in [6.07, 6.45) is 3.10. The van der Waals surface area contributed by atoms with Crippen molar-refractivity contribution < 1.29 is 4.39 Å². The highest BCUT2D eigenvalue weighted by atomic mass is 19.1. The molecule has 0 bridgehead atoms. The maximum absolute atomic E-state index is 13.2. The van der Waals surface area contributed by atoms with Crippen molar-refractivity contribution in [2.24, 2.45) is 0 Å². The van der Waals surface area contributed by atoms with Crippen molar-refractivity contribution >= 4 is 5.69 Å². The van der Waals surface area contributed by atoms with Crippen molar-refractivity contribution in [3.05, 3.63) is 42.7 Å². The molecule has 1 aromatic heterocycles. The molecule has 0 aliphatic rings. The third-order valence-electron chi connectivity index (χ3n) is 2.00. The third kappa shape index (κ3) is 2.52. The molecule has 0 aliphatic heterocycles. The zero-order valence-corrected chi connectivity index (χ0v) is 8.10. The molecule has 2 aromatic rings. The van der Waals surface area contributed by atoms with Crippen LogP contribution >= 0.6 is 0 Å². The van der Waals surface area contributed by atoms with Gasteiger partial charge < -0.3 is 5.32 Å². The molecular weight excluding hydrogens is 195 g/mol. The highest BCUT2D eigenvalue weighted by molar-refractivity contribution is 5.44. The molecule has 0 spiro atoms. The van der Waals surface area contributed by atoms with Gasteiger partial charge in [0.05, 0.1) is 12.2 Å². The molecule has 0 amide bonds. The van der Waals surface area contributed by atoms with Crippen molar-refractivity contribution in [1.29, 1.82) is 0 Å². The molecule has 1 N–H and O–H groups in total. The predicted molar refractivity (Wildman–Crippen MR) is 54.9 cm³/mol. The van der Waals surface area contributed by atoms with E-state index in [0.29, 0.717) is 18.8 Å². The van der Waals surface area contributed by atoms with E-state index in [1.165, 1.54) is 12.4 Å². The summed E-state index contributed by atoms with van der Waals surface area (Å²) in [6, 6.07) is 6.59. The molecule has 4 nitrogen and oxygen atoms in total. The molecule has 15 heavy (non-hydrogen) atoms. The van der Waals surface area contributed by atoms with Crippen molar-refractivity contribution in [2.75, 3.05) is 11.9 Å². The van der Waals surface area contributed by atoms with Gasteiger partial charge in [-0.25, -0.2) is 9.37 Å². The summed E-state index contributed by atoms with van der Waals surface area (Å²) in [4.78, 5) is 3.82. The predicted octanol–water partition coefficient (Wildman–Crippen LogP) is 1.53. The van der Waals surface area contributed by atoms with E-state index < -0.39 is 0 Å². The Hall–Kier alpha value is -1.91. The Kier molecular flexibility index (Phi) is 2.92. The maximum Gasteiger partial charge on any atom is 0.146 e. The van der Waals surface area contributed by atoms with E-state index in [1.54, 1.807) is 29.2 Å². The number of benzene rings is 1. The second-order valence-corrected chi connectivity index (χ2v) is 3.07. The first-order valence-electron chi connectivity index (χ1n) is 4.67. The lowest BCUT2D eigenvalue weighted by Crippen LogP contribution is -2.11. The number of rotatable bonds is 4. The molecule has 0 atom stereocenters. The molecular formula is C10H11FN4. The quantitative estimate of drug-likeness (QED) is 0.824. The van der Waals surface area contributed by atoms with Crippen LogP contribution in [0.25, 0.3) is 0 Å². The van der Waals surface area contributed by atoms with E-state index in [9.17, 15) is 4.39 Å². The molecule has 0 unspecified atom stereocenters. The fourth-order valence-electron chi connectivity index (χ4n) is 1.26. The fraction of sp³-hybridized carbons (Fsp3) is 0.200. The normalized spacial score (nSPS) is 10.2. The van der Waals surface area contributed by atoms with Crippen LogP contribution in [0.2, 0.25) is 0 Å². The van der Waals surface area contributed by atoms with Crippen molar-refractivity contribution in [2.45, 2.75) is 6.54 Å². The Morgan fingerprint density at radius 1 is 1.33 bits per heavy atom. The van der Waals surface area contributed by atoms with Gasteiger partial charge in [0.15, 0.2) is 0 Å². The van der Waals surface area contributed by atoms with E-state index >= 15 is 0 Å². The largest absolute Gasteiger partial charge is 0.381 e. The van der Waals surface area contributed by atoms with Gasteiger partial charge >= 0.3 is 0 Å². The van der Waals surface area contributed by atoms with Crippen molar-refractivity contribution in [3.8, 4) is 0 Å². The van der Waals surface area contributed by atoms with E-state index in [4.69, 9.17) is 0 Å². The zero-order chi connectivity index (χ0) is 10.5. The van der Waals surface area contributed by atoms with Gasteiger partial charge in [-0.05, 0) is 12.1 Å². The minimum Gasteiger partial charge on any atom is -0.381 e.